The Morgan fingerprint density at radius 2 is 1.92 bits per heavy atom. The molecule has 7 heteroatoms. The van der Waals surface area contributed by atoms with Crippen LogP contribution in [0.4, 0.5) is 5.82 Å². The zero-order valence-electron chi connectivity index (χ0n) is 14.9. The molecule has 1 aliphatic rings. The zero-order valence-corrected chi connectivity index (χ0v) is 14.9. The minimum Gasteiger partial charge on any atom is -0.355 e. The van der Waals surface area contributed by atoms with Crippen LogP contribution in [0.25, 0.3) is 0 Å². The first-order chi connectivity index (χ1) is 11.9. The Balaban J connectivity index is 1.54. The summed E-state index contributed by atoms with van der Waals surface area (Å²) in [5.41, 5.74) is 1.40. The number of amides is 1. The van der Waals surface area contributed by atoms with Crippen LogP contribution in [0.2, 0.25) is 0 Å². The van der Waals surface area contributed by atoms with E-state index in [4.69, 9.17) is 0 Å². The SMILES string of the molecule is CC(C)(C)c1ccc(N2CCC(NC(=O)c3ccncn3)CC2)nn1. The van der Waals surface area contributed by atoms with E-state index < -0.39 is 0 Å². The van der Waals surface area contributed by atoms with Gasteiger partial charge in [0.05, 0.1) is 5.69 Å². The first-order valence-corrected chi connectivity index (χ1v) is 8.59. The molecule has 1 aliphatic heterocycles. The Kier molecular flexibility index (Phi) is 4.92. The van der Waals surface area contributed by atoms with E-state index in [1.54, 1.807) is 12.3 Å². The Bertz CT molecular complexity index is 703. The van der Waals surface area contributed by atoms with Gasteiger partial charge in [0, 0.05) is 30.7 Å². The summed E-state index contributed by atoms with van der Waals surface area (Å²) >= 11 is 0. The topological polar surface area (TPSA) is 83.9 Å². The molecule has 0 spiro atoms. The van der Waals surface area contributed by atoms with Crippen LogP contribution < -0.4 is 10.2 Å². The molecule has 2 aromatic heterocycles. The van der Waals surface area contributed by atoms with Crippen molar-refractivity contribution in [2.45, 2.75) is 45.1 Å². The Morgan fingerprint density at radius 3 is 2.48 bits per heavy atom. The zero-order chi connectivity index (χ0) is 17.9. The lowest BCUT2D eigenvalue weighted by Gasteiger charge is -2.33. The van der Waals surface area contributed by atoms with Gasteiger partial charge in [-0.25, -0.2) is 9.97 Å². The quantitative estimate of drug-likeness (QED) is 0.919. The van der Waals surface area contributed by atoms with Gasteiger partial charge in [0.15, 0.2) is 5.82 Å². The lowest BCUT2D eigenvalue weighted by Crippen LogP contribution is -2.45. The molecule has 25 heavy (non-hydrogen) atoms. The second-order valence-electron chi connectivity index (χ2n) is 7.36. The number of hydrogen-bond donors (Lipinski definition) is 1. The molecule has 0 atom stereocenters. The number of hydrogen-bond acceptors (Lipinski definition) is 6. The molecule has 1 fully saturated rings. The third kappa shape index (κ3) is 4.29. The van der Waals surface area contributed by atoms with Gasteiger partial charge < -0.3 is 10.2 Å². The Hall–Kier alpha value is -2.57. The van der Waals surface area contributed by atoms with Crippen LogP contribution in [-0.4, -0.2) is 45.2 Å². The number of rotatable bonds is 3. The molecule has 0 aromatic carbocycles. The maximum Gasteiger partial charge on any atom is 0.270 e. The molecular weight excluding hydrogens is 316 g/mol. The lowest BCUT2D eigenvalue weighted by molar-refractivity contribution is 0.0926. The van der Waals surface area contributed by atoms with Crippen molar-refractivity contribution in [1.82, 2.24) is 25.5 Å². The van der Waals surface area contributed by atoms with Crippen LogP contribution in [0, 0.1) is 0 Å². The van der Waals surface area contributed by atoms with E-state index in [2.05, 4.69) is 51.2 Å². The first kappa shape index (κ1) is 17.3. The van der Waals surface area contributed by atoms with Crippen LogP contribution in [0.5, 0.6) is 0 Å². The summed E-state index contributed by atoms with van der Waals surface area (Å²) in [6.07, 6.45) is 4.71. The van der Waals surface area contributed by atoms with Gasteiger partial charge in [-0.05, 0) is 31.0 Å². The van der Waals surface area contributed by atoms with Crippen molar-refractivity contribution >= 4 is 11.7 Å². The lowest BCUT2D eigenvalue weighted by atomic mass is 9.92. The highest BCUT2D eigenvalue weighted by atomic mass is 16.1. The fraction of sp³-hybridized carbons (Fsp3) is 0.500. The third-order valence-corrected chi connectivity index (χ3v) is 4.39. The Labute approximate surface area is 147 Å². The number of piperidine rings is 1. The standard InChI is InChI=1S/C18H24N6O/c1-18(2,3)15-4-5-16(23-22-15)24-10-7-13(8-11-24)21-17(25)14-6-9-19-12-20-14/h4-6,9,12-13H,7-8,10-11H2,1-3H3,(H,21,25). The predicted octanol–water partition coefficient (Wildman–Crippen LogP) is 1.96. The number of carbonyl (C=O) groups excluding carboxylic acids is 1. The van der Waals surface area contributed by atoms with Crippen molar-refractivity contribution < 1.29 is 4.79 Å². The van der Waals surface area contributed by atoms with E-state index in [0.717, 1.165) is 37.4 Å². The fourth-order valence-corrected chi connectivity index (χ4v) is 2.83. The van der Waals surface area contributed by atoms with Crippen LogP contribution in [0.1, 0.15) is 49.8 Å². The number of nitrogens with zero attached hydrogens (tertiary/aromatic N) is 5. The van der Waals surface area contributed by atoms with Gasteiger partial charge in [0.25, 0.3) is 5.91 Å². The number of aromatic nitrogens is 4. The van der Waals surface area contributed by atoms with Crippen molar-refractivity contribution in [1.29, 1.82) is 0 Å². The van der Waals surface area contributed by atoms with Gasteiger partial charge in [-0.15, -0.1) is 5.10 Å². The molecule has 1 amide bonds. The maximum atomic E-state index is 12.2. The Morgan fingerprint density at radius 1 is 1.16 bits per heavy atom. The van der Waals surface area contributed by atoms with Crippen molar-refractivity contribution in [2.24, 2.45) is 0 Å². The molecule has 3 rings (SSSR count). The molecule has 0 saturated carbocycles. The molecule has 1 N–H and O–H groups in total. The van der Waals surface area contributed by atoms with Crippen molar-refractivity contribution in [2.75, 3.05) is 18.0 Å². The smallest absolute Gasteiger partial charge is 0.270 e. The van der Waals surface area contributed by atoms with Gasteiger partial charge in [-0.2, -0.15) is 5.10 Å². The van der Waals surface area contributed by atoms with Gasteiger partial charge in [0.2, 0.25) is 0 Å². The molecule has 0 aliphatic carbocycles. The van der Waals surface area contributed by atoms with Crippen molar-refractivity contribution in [3.8, 4) is 0 Å². The minimum atomic E-state index is -0.143. The maximum absolute atomic E-state index is 12.2. The molecule has 0 bridgehead atoms. The van der Waals surface area contributed by atoms with Gasteiger partial charge in [-0.3, -0.25) is 4.79 Å². The molecule has 1 saturated heterocycles. The molecule has 0 unspecified atom stereocenters. The van der Waals surface area contributed by atoms with E-state index in [1.807, 2.05) is 12.1 Å². The average Bonchev–Trinajstić information content (AvgIpc) is 2.62. The number of carbonyl (C=O) groups is 1. The van der Waals surface area contributed by atoms with Crippen molar-refractivity contribution in [3.63, 3.8) is 0 Å². The third-order valence-electron chi connectivity index (χ3n) is 4.39. The highest BCUT2D eigenvalue weighted by Gasteiger charge is 2.23. The van der Waals surface area contributed by atoms with E-state index >= 15 is 0 Å². The van der Waals surface area contributed by atoms with Gasteiger partial charge >= 0.3 is 0 Å². The predicted molar refractivity (Wildman–Crippen MR) is 95.5 cm³/mol. The molecule has 7 nitrogen and oxygen atoms in total. The summed E-state index contributed by atoms with van der Waals surface area (Å²) in [6.45, 7) is 8.07. The van der Waals surface area contributed by atoms with Crippen LogP contribution in [-0.2, 0) is 5.41 Å². The molecular formula is C18H24N6O. The van der Waals surface area contributed by atoms with E-state index in [0.29, 0.717) is 5.69 Å². The van der Waals surface area contributed by atoms with Crippen molar-refractivity contribution in [3.05, 3.63) is 42.1 Å². The highest BCUT2D eigenvalue weighted by Crippen LogP contribution is 2.22. The van der Waals surface area contributed by atoms with E-state index in [1.165, 1.54) is 6.33 Å². The summed E-state index contributed by atoms with van der Waals surface area (Å²) in [5, 5.41) is 11.8. The summed E-state index contributed by atoms with van der Waals surface area (Å²) in [4.78, 5) is 22.2. The van der Waals surface area contributed by atoms with E-state index in [9.17, 15) is 4.79 Å². The largest absolute Gasteiger partial charge is 0.355 e. The van der Waals surface area contributed by atoms with Crippen LogP contribution >= 0.6 is 0 Å². The first-order valence-electron chi connectivity index (χ1n) is 8.59. The molecule has 2 aromatic rings. The van der Waals surface area contributed by atoms with Gasteiger partial charge in [0.1, 0.15) is 12.0 Å². The molecule has 132 valence electrons. The second kappa shape index (κ2) is 7.13. The highest BCUT2D eigenvalue weighted by molar-refractivity contribution is 5.92. The summed E-state index contributed by atoms with van der Waals surface area (Å²) in [6, 6.07) is 5.86. The average molecular weight is 340 g/mol. The monoisotopic (exact) mass is 340 g/mol. The van der Waals surface area contributed by atoms with Crippen LogP contribution in [0.3, 0.4) is 0 Å². The fourth-order valence-electron chi connectivity index (χ4n) is 2.83. The number of nitrogens with one attached hydrogen (secondary N) is 1. The summed E-state index contributed by atoms with van der Waals surface area (Å²) < 4.78 is 0. The van der Waals surface area contributed by atoms with Crippen LogP contribution in [0.15, 0.2) is 30.7 Å². The molecule has 0 radical (unpaired) electrons. The summed E-state index contributed by atoms with van der Waals surface area (Å²) in [7, 11) is 0. The number of anilines is 1. The van der Waals surface area contributed by atoms with Gasteiger partial charge in [-0.1, -0.05) is 20.8 Å². The minimum absolute atomic E-state index is 0.00377. The second-order valence-corrected chi connectivity index (χ2v) is 7.36. The van der Waals surface area contributed by atoms with E-state index in [-0.39, 0.29) is 17.4 Å². The summed E-state index contributed by atoms with van der Waals surface area (Å²) in [5.74, 6) is 0.753. The normalized spacial score (nSPS) is 15.9. The molecule has 3 heterocycles.